The Morgan fingerprint density at radius 2 is 1.62 bits per heavy atom. The van der Waals surface area contributed by atoms with Crippen LogP contribution >= 0.6 is 0 Å². The molecule has 3 rings (SSSR count). The predicted molar refractivity (Wildman–Crippen MR) is 86.9 cm³/mol. The summed E-state index contributed by atoms with van der Waals surface area (Å²) < 4.78 is 5.99. The van der Waals surface area contributed by atoms with Crippen molar-refractivity contribution >= 4 is 0 Å². The Morgan fingerprint density at radius 3 is 2.24 bits per heavy atom. The van der Waals surface area contributed by atoms with Gasteiger partial charge in [-0.25, -0.2) is 0 Å². The number of rotatable bonds is 4. The van der Waals surface area contributed by atoms with Crippen LogP contribution < -0.4 is 10.1 Å². The maximum absolute atomic E-state index is 5.99. The van der Waals surface area contributed by atoms with Crippen molar-refractivity contribution in [2.45, 2.75) is 31.8 Å². The van der Waals surface area contributed by atoms with Gasteiger partial charge in [0.1, 0.15) is 11.9 Å². The van der Waals surface area contributed by atoms with Crippen molar-refractivity contribution in [1.82, 2.24) is 5.32 Å². The van der Waals surface area contributed by atoms with E-state index in [1.165, 1.54) is 11.1 Å². The highest BCUT2D eigenvalue weighted by atomic mass is 16.5. The minimum Gasteiger partial charge on any atom is -0.489 e. The van der Waals surface area contributed by atoms with Crippen LogP contribution in [-0.2, 0) is 5.41 Å². The van der Waals surface area contributed by atoms with E-state index in [-0.39, 0.29) is 5.41 Å². The molecule has 1 atom stereocenters. The summed E-state index contributed by atoms with van der Waals surface area (Å²) in [4.78, 5) is 0. The van der Waals surface area contributed by atoms with Gasteiger partial charge in [0.2, 0.25) is 0 Å². The van der Waals surface area contributed by atoms with E-state index in [9.17, 15) is 0 Å². The molecule has 2 heteroatoms. The predicted octanol–water partition coefficient (Wildman–Crippen LogP) is 3.75. The third-order valence-electron chi connectivity index (χ3n) is 4.39. The molecule has 1 aliphatic heterocycles. The fourth-order valence-corrected chi connectivity index (χ4v) is 2.89. The molecular weight excluding hydrogens is 258 g/mol. The third-order valence-corrected chi connectivity index (χ3v) is 4.39. The summed E-state index contributed by atoms with van der Waals surface area (Å²) in [6, 6.07) is 19.2. The number of nitrogens with one attached hydrogen (secondary N) is 1. The molecule has 1 aliphatic rings. The van der Waals surface area contributed by atoms with Gasteiger partial charge in [-0.05, 0) is 36.2 Å². The van der Waals surface area contributed by atoms with Crippen molar-refractivity contribution in [3.8, 4) is 5.75 Å². The number of hydrogen-bond donors (Lipinski definition) is 1. The monoisotopic (exact) mass is 281 g/mol. The summed E-state index contributed by atoms with van der Waals surface area (Å²) in [6.07, 6.45) is 1.41. The SMILES string of the molecule is CC(C)(c1ccccc1)c1ccc(O[C@@H]2CCNC2)cc1. The van der Waals surface area contributed by atoms with Crippen LogP contribution in [-0.4, -0.2) is 19.2 Å². The zero-order valence-electron chi connectivity index (χ0n) is 12.8. The summed E-state index contributed by atoms with van der Waals surface area (Å²) in [6.45, 7) is 6.54. The zero-order valence-corrected chi connectivity index (χ0v) is 12.8. The summed E-state index contributed by atoms with van der Waals surface area (Å²) in [5.41, 5.74) is 2.65. The standard InChI is InChI=1S/C19H23NO/c1-19(2,15-6-4-3-5-7-15)16-8-10-17(11-9-16)21-18-12-13-20-14-18/h3-11,18,20H,12-14H2,1-2H3/t18-/m1/s1. The van der Waals surface area contributed by atoms with E-state index in [1.807, 2.05) is 0 Å². The molecule has 0 radical (unpaired) electrons. The molecule has 2 aromatic carbocycles. The van der Waals surface area contributed by atoms with Crippen LogP contribution in [0.15, 0.2) is 54.6 Å². The highest BCUT2D eigenvalue weighted by Gasteiger charge is 2.23. The average molecular weight is 281 g/mol. The fraction of sp³-hybridized carbons (Fsp3) is 0.368. The molecule has 2 nitrogen and oxygen atoms in total. The van der Waals surface area contributed by atoms with Gasteiger partial charge in [0.25, 0.3) is 0 Å². The van der Waals surface area contributed by atoms with E-state index in [1.54, 1.807) is 0 Å². The Balaban J connectivity index is 1.77. The molecule has 110 valence electrons. The van der Waals surface area contributed by atoms with Crippen molar-refractivity contribution in [3.63, 3.8) is 0 Å². The van der Waals surface area contributed by atoms with E-state index in [4.69, 9.17) is 4.74 Å². The highest BCUT2D eigenvalue weighted by Crippen LogP contribution is 2.32. The lowest BCUT2D eigenvalue weighted by molar-refractivity contribution is 0.223. The normalized spacial score (nSPS) is 18.7. The Hall–Kier alpha value is -1.80. The molecule has 1 N–H and O–H groups in total. The molecule has 1 heterocycles. The molecule has 0 aromatic heterocycles. The van der Waals surface area contributed by atoms with Crippen LogP contribution in [0, 0.1) is 0 Å². The number of benzene rings is 2. The van der Waals surface area contributed by atoms with Gasteiger partial charge in [-0.3, -0.25) is 0 Å². The minimum absolute atomic E-state index is 0.00863. The van der Waals surface area contributed by atoms with Gasteiger partial charge < -0.3 is 10.1 Å². The van der Waals surface area contributed by atoms with Gasteiger partial charge in [-0.1, -0.05) is 56.3 Å². The molecule has 2 aromatic rings. The van der Waals surface area contributed by atoms with Crippen molar-refractivity contribution in [3.05, 3.63) is 65.7 Å². The summed E-state index contributed by atoms with van der Waals surface area (Å²) in [5.74, 6) is 0.969. The van der Waals surface area contributed by atoms with Gasteiger partial charge >= 0.3 is 0 Å². The van der Waals surface area contributed by atoms with Crippen LogP contribution in [0.1, 0.15) is 31.4 Å². The number of ether oxygens (including phenoxy) is 1. The molecule has 0 unspecified atom stereocenters. The molecule has 1 saturated heterocycles. The first-order chi connectivity index (χ1) is 10.2. The van der Waals surface area contributed by atoms with Crippen LogP contribution in [0.2, 0.25) is 0 Å². The van der Waals surface area contributed by atoms with E-state index >= 15 is 0 Å². The molecule has 0 spiro atoms. The molecule has 0 saturated carbocycles. The Bertz CT molecular complexity index is 568. The lowest BCUT2D eigenvalue weighted by atomic mass is 9.78. The highest BCUT2D eigenvalue weighted by molar-refractivity contribution is 5.39. The fourth-order valence-electron chi connectivity index (χ4n) is 2.89. The van der Waals surface area contributed by atoms with E-state index in [0.29, 0.717) is 6.10 Å². The maximum atomic E-state index is 5.99. The smallest absolute Gasteiger partial charge is 0.119 e. The molecule has 21 heavy (non-hydrogen) atoms. The van der Waals surface area contributed by atoms with Gasteiger partial charge in [0.05, 0.1) is 0 Å². The van der Waals surface area contributed by atoms with Crippen LogP contribution in [0.3, 0.4) is 0 Å². The minimum atomic E-state index is 0.00863. The van der Waals surface area contributed by atoms with E-state index < -0.39 is 0 Å². The second-order valence-corrected chi connectivity index (χ2v) is 6.25. The molecule has 0 amide bonds. The third kappa shape index (κ3) is 3.11. The molecular formula is C19H23NO. The summed E-state index contributed by atoms with van der Waals surface area (Å²) in [7, 11) is 0. The van der Waals surface area contributed by atoms with Gasteiger partial charge in [-0.2, -0.15) is 0 Å². The Labute approximate surface area is 127 Å². The first-order valence-corrected chi connectivity index (χ1v) is 7.70. The maximum Gasteiger partial charge on any atom is 0.119 e. The van der Waals surface area contributed by atoms with Crippen LogP contribution in [0.25, 0.3) is 0 Å². The Kier molecular flexibility index (Phi) is 3.98. The second-order valence-electron chi connectivity index (χ2n) is 6.25. The largest absolute Gasteiger partial charge is 0.489 e. The van der Waals surface area contributed by atoms with Gasteiger partial charge in [-0.15, -0.1) is 0 Å². The summed E-state index contributed by atoms with van der Waals surface area (Å²) in [5, 5.41) is 3.32. The van der Waals surface area contributed by atoms with Gasteiger partial charge in [0.15, 0.2) is 0 Å². The zero-order chi connectivity index (χ0) is 14.7. The first kappa shape index (κ1) is 14.2. The summed E-state index contributed by atoms with van der Waals surface area (Å²) >= 11 is 0. The quantitative estimate of drug-likeness (QED) is 0.921. The van der Waals surface area contributed by atoms with Crippen LogP contribution in [0.4, 0.5) is 0 Å². The lowest BCUT2D eigenvalue weighted by Gasteiger charge is -2.26. The second kappa shape index (κ2) is 5.90. The number of hydrogen-bond acceptors (Lipinski definition) is 2. The molecule has 1 fully saturated rings. The van der Waals surface area contributed by atoms with E-state index in [0.717, 1.165) is 25.3 Å². The van der Waals surface area contributed by atoms with Crippen molar-refractivity contribution in [1.29, 1.82) is 0 Å². The van der Waals surface area contributed by atoms with Gasteiger partial charge in [0, 0.05) is 12.0 Å². The molecule has 0 bridgehead atoms. The van der Waals surface area contributed by atoms with Crippen molar-refractivity contribution in [2.24, 2.45) is 0 Å². The van der Waals surface area contributed by atoms with Crippen LogP contribution in [0.5, 0.6) is 5.75 Å². The Morgan fingerprint density at radius 1 is 0.952 bits per heavy atom. The lowest BCUT2D eigenvalue weighted by Crippen LogP contribution is -2.20. The van der Waals surface area contributed by atoms with E-state index in [2.05, 4.69) is 73.8 Å². The first-order valence-electron chi connectivity index (χ1n) is 7.70. The van der Waals surface area contributed by atoms with Crippen molar-refractivity contribution in [2.75, 3.05) is 13.1 Å². The molecule has 0 aliphatic carbocycles. The topological polar surface area (TPSA) is 21.3 Å². The average Bonchev–Trinajstić information content (AvgIpc) is 3.02. The van der Waals surface area contributed by atoms with Crippen molar-refractivity contribution < 1.29 is 4.74 Å².